The molecule has 0 bridgehead atoms. The van der Waals surface area contributed by atoms with Crippen LogP contribution in [0.15, 0.2) is 42.7 Å². The fourth-order valence-electron chi connectivity index (χ4n) is 3.95. The van der Waals surface area contributed by atoms with Crippen molar-refractivity contribution in [2.75, 3.05) is 31.7 Å². The maximum absolute atomic E-state index is 13.3. The first-order valence-corrected chi connectivity index (χ1v) is 12.5. The summed E-state index contributed by atoms with van der Waals surface area (Å²) in [6, 6.07) is 7.69. The number of anilines is 1. The SMILES string of the molecule is CN(C)C(=O)Cn1cc2c(N(C)S(C)(=O)=O)c3cc(Cc4ccc(F)cc4)cnc3c(O)c2c1O. The van der Waals surface area contributed by atoms with Gasteiger partial charge in [-0.3, -0.25) is 14.1 Å². The molecule has 2 aromatic heterocycles. The molecule has 0 saturated heterocycles. The maximum Gasteiger partial charge on any atom is 0.242 e. The second-order valence-electron chi connectivity index (χ2n) is 8.63. The molecule has 0 radical (unpaired) electrons. The normalized spacial score (nSPS) is 11.8. The van der Waals surface area contributed by atoms with E-state index in [4.69, 9.17) is 0 Å². The van der Waals surface area contributed by atoms with Crippen molar-refractivity contribution in [3.05, 3.63) is 59.7 Å². The molecule has 0 atom stereocenters. The molecule has 4 aromatic rings. The van der Waals surface area contributed by atoms with E-state index in [2.05, 4.69) is 4.98 Å². The number of nitrogens with zero attached hydrogens (tertiary/aromatic N) is 4. The Balaban J connectivity index is 1.99. The Bertz CT molecular complexity index is 1560. The minimum Gasteiger partial charge on any atom is -0.505 e. The number of hydrogen-bond acceptors (Lipinski definition) is 6. The quantitative estimate of drug-likeness (QED) is 0.421. The molecule has 4 rings (SSSR count). The summed E-state index contributed by atoms with van der Waals surface area (Å²) in [6.07, 6.45) is 4.41. The van der Waals surface area contributed by atoms with E-state index in [1.54, 1.807) is 32.3 Å². The lowest BCUT2D eigenvalue weighted by Crippen LogP contribution is -2.26. The van der Waals surface area contributed by atoms with Gasteiger partial charge in [-0.1, -0.05) is 12.1 Å². The predicted octanol–water partition coefficient (Wildman–Crippen LogP) is 2.81. The first-order chi connectivity index (χ1) is 16.4. The minimum absolute atomic E-state index is 0.00617. The van der Waals surface area contributed by atoms with Crippen molar-refractivity contribution < 1.29 is 27.8 Å². The summed E-state index contributed by atoms with van der Waals surface area (Å²) < 4.78 is 40.7. The molecule has 0 unspecified atom stereocenters. The molecule has 0 fully saturated rings. The van der Waals surface area contributed by atoms with E-state index in [0.717, 1.165) is 16.1 Å². The van der Waals surface area contributed by atoms with Gasteiger partial charge in [-0.25, -0.2) is 12.8 Å². The van der Waals surface area contributed by atoms with Crippen LogP contribution in [0.4, 0.5) is 10.1 Å². The smallest absolute Gasteiger partial charge is 0.242 e. The number of pyridine rings is 1. The number of hydrogen-bond donors (Lipinski definition) is 2. The summed E-state index contributed by atoms with van der Waals surface area (Å²) in [5.41, 5.74) is 1.83. The second kappa shape index (κ2) is 8.73. The largest absolute Gasteiger partial charge is 0.505 e. The summed E-state index contributed by atoms with van der Waals surface area (Å²) in [6.45, 7) is -0.214. The van der Waals surface area contributed by atoms with Gasteiger partial charge in [-0.15, -0.1) is 0 Å². The fraction of sp³-hybridized carbons (Fsp3) is 0.250. The average molecular weight is 501 g/mol. The lowest BCUT2D eigenvalue weighted by molar-refractivity contribution is -0.129. The van der Waals surface area contributed by atoms with Crippen LogP contribution in [-0.2, 0) is 27.8 Å². The molecule has 11 heteroatoms. The lowest BCUT2D eigenvalue weighted by atomic mass is 10.0. The molecule has 0 aliphatic carbocycles. The Kier molecular flexibility index (Phi) is 6.05. The van der Waals surface area contributed by atoms with Crippen LogP contribution in [-0.4, -0.2) is 66.4 Å². The highest BCUT2D eigenvalue weighted by molar-refractivity contribution is 7.92. The van der Waals surface area contributed by atoms with Gasteiger partial charge >= 0.3 is 0 Å². The molecule has 35 heavy (non-hydrogen) atoms. The van der Waals surface area contributed by atoms with Gasteiger partial charge in [0.25, 0.3) is 0 Å². The summed E-state index contributed by atoms with van der Waals surface area (Å²) in [5.74, 6) is -1.37. The van der Waals surface area contributed by atoms with E-state index in [0.29, 0.717) is 17.4 Å². The molecule has 0 saturated carbocycles. The average Bonchev–Trinajstić information content (AvgIpc) is 3.10. The predicted molar refractivity (Wildman–Crippen MR) is 132 cm³/mol. The van der Waals surface area contributed by atoms with E-state index in [9.17, 15) is 27.8 Å². The van der Waals surface area contributed by atoms with Crippen molar-refractivity contribution in [1.29, 1.82) is 0 Å². The Hall–Kier alpha value is -3.86. The molecule has 2 N–H and O–H groups in total. The number of amides is 1. The number of fused-ring (bicyclic) bond motifs is 2. The van der Waals surface area contributed by atoms with Crippen molar-refractivity contribution in [3.63, 3.8) is 0 Å². The first-order valence-electron chi connectivity index (χ1n) is 10.6. The van der Waals surface area contributed by atoms with Crippen LogP contribution in [0.5, 0.6) is 11.6 Å². The lowest BCUT2D eigenvalue weighted by Gasteiger charge is -2.21. The molecule has 2 aromatic carbocycles. The zero-order valence-electron chi connectivity index (χ0n) is 19.6. The summed E-state index contributed by atoms with van der Waals surface area (Å²) in [7, 11) is 0.762. The monoisotopic (exact) mass is 500 g/mol. The number of benzene rings is 2. The third-order valence-corrected chi connectivity index (χ3v) is 7.08. The van der Waals surface area contributed by atoms with Crippen molar-refractivity contribution >= 4 is 43.3 Å². The highest BCUT2D eigenvalue weighted by Gasteiger charge is 2.27. The third kappa shape index (κ3) is 4.46. The maximum atomic E-state index is 13.3. The highest BCUT2D eigenvalue weighted by Crippen LogP contribution is 2.46. The number of carbonyl (C=O) groups is 1. The standard InChI is InChI=1S/C24H25FN4O5S/c1-27(2)19(30)13-29-12-18-20(24(29)32)23(31)21-17(22(18)28(3)35(4,33)34)10-15(11-26-21)9-14-5-7-16(25)8-6-14/h5-8,10-12,31-32H,9,13H2,1-4H3. The van der Waals surface area contributed by atoms with Gasteiger partial charge in [-0.2, -0.15) is 0 Å². The van der Waals surface area contributed by atoms with Gasteiger partial charge < -0.3 is 19.7 Å². The fourth-order valence-corrected chi connectivity index (χ4v) is 4.48. The zero-order chi connectivity index (χ0) is 25.7. The molecule has 0 spiro atoms. The Morgan fingerprint density at radius 3 is 2.34 bits per heavy atom. The molecule has 1 amide bonds. The van der Waals surface area contributed by atoms with E-state index >= 15 is 0 Å². The van der Waals surface area contributed by atoms with Crippen LogP contribution in [0.1, 0.15) is 11.1 Å². The number of likely N-dealkylation sites (N-methyl/N-ethyl adjacent to an activating group) is 1. The first kappa shape index (κ1) is 24.3. The van der Waals surface area contributed by atoms with E-state index in [-0.39, 0.29) is 51.9 Å². The van der Waals surface area contributed by atoms with Crippen LogP contribution in [0.2, 0.25) is 0 Å². The molecule has 9 nitrogen and oxygen atoms in total. The van der Waals surface area contributed by atoms with Crippen LogP contribution < -0.4 is 4.31 Å². The number of aromatic hydroxyl groups is 2. The number of rotatable bonds is 6. The van der Waals surface area contributed by atoms with E-state index in [1.165, 1.54) is 41.0 Å². The van der Waals surface area contributed by atoms with Crippen LogP contribution >= 0.6 is 0 Å². The second-order valence-corrected chi connectivity index (χ2v) is 10.6. The molecule has 184 valence electrons. The summed E-state index contributed by atoms with van der Waals surface area (Å²) in [4.78, 5) is 18.0. The van der Waals surface area contributed by atoms with E-state index < -0.39 is 10.0 Å². The number of halogens is 1. The van der Waals surface area contributed by atoms with Crippen LogP contribution in [0.3, 0.4) is 0 Å². The number of carbonyl (C=O) groups excluding carboxylic acids is 1. The van der Waals surface area contributed by atoms with Gasteiger partial charge in [0, 0.05) is 44.3 Å². The molecule has 0 aliphatic heterocycles. The Morgan fingerprint density at radius 2 is 1.74 bits per heavy atom. The van der Waals surface area contributed by atoms with Crippen LogP contribution in [0.25, 0.3) is 21.7 Å². The Labute approximate surface area is 201 Å². The third-order valence-electron chi connectivity index (χ3n) is 5.90. The van der Waals surface area contributed by atoms with Gasteiger partial charge in [0.05, 0.1) is 17.3 Å². The van der Waals surface area contributed by atoms with Crippen LogP contribution in [0, 0.1) is 5.82 Å². The zero-order valence-corrected chi connectivity index (χ0v) is 20.5. The molecular weight excluding hydrogens is 475 g/mol. The van der Waals surface area contributed by atoms with Gasteiger partial charge in [0.2, 0.25) is 21.8 Å². The van der Waals surface area contributed by atoms with Gasteiger partial charge in [0.1, 0.15) is 17.9 Å². The molecule has 0 aliphatic rings. The molecule has 2 heterocycles. The van der Waals surface area contributed by atoms with Crippen molar-refractivity contribution in [1.82, 2.24) is 14.5 Å². The summed E-state index contributed by atoms with van der Waals surface area (Å²) in [5, 5.41) is 22.5. The van der Waals surface area contributed by atoms with Crippen molar-refractivity contribution in [3.8, 4) is 11.6 Å². The highest BCUT2D eigenvalue weighted by atomic mass is 32.2. The number of sulfonamides is 1. The number of phenolic OH excluding ortho intramolecular Hbond substituents is 1. The van der Waals surface area contributed by atoms with Crippen molar-refractivity contribution in [2.24, 2.45) is 0 Å². The topological polar surface area (TPSA) is 116 Å². The summed E-state index contributed by atoms with van der Waals surface area (Å²) >= 11 is 0. The van der Waals surface area contributed by atoms with Gasteiger partial charge in [0.15, 0.2) is 5.75 Å². The minimum atomic E-state index is -3.75. The number of aromatic nitrogens is 2. The Morgan fingerprint density at radius 1 is 1.09 bits per heavy atom. The van der Waals surface area contributed by atoms with E-state index in [1.807, 2.05) is 0 Å². The van der Waals surface area contributed by atoms with Gasteiger partial charge in [-0.05, 0) is 35.7 Å². The number of phenols is 1. The van der Waals surface area contributed by atoms with Crippen molar-refractivity contribution in [2.45, 2.75) is 13.0 Å². The molecular formula is C24H25FN4O5S.